The van der Waals surface area contributed by atoms with Gasteiger partial charge in [-0.1, -0.05) is 43.2 Å². The number of hydrogen-bond donors (Lipinski definition) is 1. The molecule has 5 nitrogen and oxygen atoms in total. The average Bonchev–Trinajstić information content (AvgIpc) is 2.98. The first-order valence-electron chi connectivity index (χ1n) is 9.56. The SMILES string of the molecule is C[C@@H](Oc1ccccc1)C(=O)Nc1ccccc1C(=O)N1CCCCCC1. The molecule has 2 amide bonds. The molecule has 1 heterocycles. The maximum absolute atomic E-state index is 13.0. The average molecular weight is 366 g/mol. The predicted molar refractivity (Wildman–Crippen MR) is 106 cm³/mol. The van der Waals surface area contributed by atoms with Crippen LogP contribution in [0.4, 0.5) is 5.69 Å². The smallest absolute Gasteiger partial charge is 0.265 e. The van der Waals surface area contributed by atoms with Crippen LogP contribution in [0.2, 0.25) is 0 Å². The Morgan fingerprint density at radius 1 is 0.926 bits per heavy atom. The van der Waals surface area contributed by atoms with Gasteiger partial charge in [-0.05, 0) is 44.0 Å². The van der Waals surface area contributed by atoms with Crippen LogP contribution in [0.15, 0.2) is 54.6 Å². The van der Waals surface area contributed by atoms with Crippen molar-refractivity contribution in [3.8, 4) is 5.75 Å². The van der Waals surface area contributed by atoms with Crippen LogP contribution in [0.25, 0.3) is 0 Å². The third kappa shape index (κ3) is 5.09. The Morgan fingerprint density at radius 3 is 2.26 bits per heavy atom. The highest BCUT2D eigenvalue weighted by molar-refractivity contribution is 6.04. The van der Waals surface area contributed by atoms with Gasteiger partial charge in [0.15, 0.2) is 6.10 Å². The molecule has 0 saturated carbocycles. The maximum atomic E-state index is 13.0. The fourth-order valence-electron chi connectivity index (χ4n) is 3.21. The fraction of sp³-hybridized carbons (Fsp3) is 0.364. The van der Waals surface area contributed by atoms with Crippen molar-refractivity contribution < 1.29 is 14.3 Å². The number of anilines is 1. The summed E-state index contributed by atoms with van der Waals surface area (Å²) in [6.45, 7) is 3.24. The van der Waals surface area contributed by atoms with E-state index in [-0.39, 0.29) is 11.8 Å². The van der Waals surface area contributed by atoms with E-state index in [1.54, 1.807) is 31.2 Å². The van der Waals surface area contributed by atoms with Crippen LogP contribution in [-0.2, 0) is 4.79 Å². The van der Waals surface area contributed by atoms with Crippen LogP contribution in [0.5, 0.6) is 5.75 Å². The van der Waals surface area contributed by atoms with Crippen LogP contribution in [0, 0.1) is 0 Å². The topological polar surface area (TPSA) is 58.6 Å². The molecule has 1 atom stereocenters. The Morgan fingerprint density at radius 2 is 1.56 bits per heavy atom. The molecule has 0 aliphatic carbocycles. The van der Waals surface area contributed by atoms with Crippen molar-refractivity contribution in [2.24, 2.45) is 0 Å². The van der Waals surface area contributed by atoms with E-state index in [1.165, 1.54) is 0 Å². The lowest BCUT2D eigenvalue weighted by molar-refractivity contribution is -0.122. The van der Waals surface area contributed by atoms with Crippen molar-refractivity contribution in [1.29, 1.82) is 0 Å². The number of benzene rings is 2. The highest BCUT2D eigenvalue weighted by atomic mass is 16.5. The summed E-state index contributed by atoms with van der Waals surface area (Å²) in [5, 5.41) is 2.85. The zero-order valence-electron chi connectivity index (χ0n) is 15.7. The molecular weight excluding hydrogens is 340 g/mol. The van der Waals surface area contributed by atoms with Gasteiger partial charge in [-0.25, -0.2) is 0 Å². The molecule has 142 valence electrons. The summed E-state index contributed by atoms with van der Waals surface area (Å²) in [4.78, 5) is 27.4. The molecule has 0 spiro atoms. The van der Waals surface area contributed by atoms with Crippen molar-refractivity contribution in [2.45, 2.75) is 38.7 Å². The molecule has 27 heavy (non-hydrogen) atoms. The summed E-state index contributed by atoms with van der Waals surface area (Å²) in [6, 6.07) is 16.4. The van der Waals surface area contributed by atoms with E-state index in [9.17, 15) is 9.59 Å². The Labute approximate surface area is 160 Å². The van der Waals surface area contributed by atoms with Gasteiger partial charge in [-0.2, -0.15) is 0 Å². The Hall–Kier alpha value is -2.82. The number of carbonyl (C=O) groups excluding carboxylic acids is 2. The van der Waals surface area contributed by atoms with Gasteiger partial charge in [-0.15, -0.1) is 0 Å². The molecular formula is C22H26N2O3. The molecule has 3 rings (SSSR count). The highest BCUT2D eigenvalue weighted by Gasteiger charge is 2.22. The number of rotatable bonds is 5. The number of nitrogens with zero attached hydrogens (tertiary/aromatic N) is 1. The monoisotopic (exact) mass is 366 g/mol. The van der Waals surface area contributed by atoms with Crippen LogP contribution in [0.1, 0.15) is 43.0 Å². The first-order valence-corrected chi connectivity index (χ1v) is 9.56. The summed E-state index contributed by atoms with van der Waals surface area (Å²) in [7, 11) is 0. The molecule has 0 radical (unpaired) electrons. The normalized spacial score (nSPS) is 15.5. The van der Waals surface area contributed by atoms with Gasteiger partial charge in [0, 0.05) is 13.1 Å². The molecule has 1 aliphatic heterocycles. The van der Waals surface area contributed by atoms with E-state index in [4.69, 9.17) is 4.74 Å². The van der Waals surface area contributed by atoms with E-state index < -0.39 is 6.10 Å². The number of ether oxygens (including phenoxy) is 1. The molecule has 1 saturated heterocycles. The van der Waals surface area contributed by atoms with Crippen molar-refractivity contribution >= 4 is 17.5 Å². The van der Waals surface area contributed by atoms with E-state index in [1.807, 2.05) is 35.2 Å². The van der Waals surface area contributed by atoms with Crippen molar-refractivity contribution in [1.82, 2.24) is 4.90 Å². The summed E-state index contributed by atoms with van der Waals surface area (Å²) >= 11 is 0. The second-order valence-corrected chi connectivity index (χ2v) is 6.81. The van der Waals surface area contributed by atoms with Gasteiger partial charge in [0.25, 0.3) is 11.8 Å². The second-order valence-electron chi connectivity index (χ2n) is 6.81. The zero-order valence-corrected chi connectivity index (χ0v) is 15.7. The van der Waals surface area contributed by atoms with Crippen LogP contribution >= 0.6 is 0 Å². The third-order valence-corrected chi connectivity index (χ3v) is 4.73. The summed E-state index contributed by atoms with van der Waals surface area (Å²) in [6.07, 6.45) is 3.71. The Balaban J connectivity index is 1.69. The number of para-hydroxylation sites is 2. The second kappa shape index (κ2) is 9.21. The summed E-state index contributed by atoms with van der Waals surface area (Å²) < 4.78 is 5.67. The van der Waals surface area contributed by atoms with E-state index in [0.29, 0.717) is 17.0 Å². The quantitative estimate of drug-likeness (QED) is 0.866. The molecule has 0 aromatic heterocycles. The number of amides is 2. The molecule has 0 unspecified atom stereocenters. The molecule has 1 fully saturated rings. The minimum atomic E-state index is -0.672. The molecule has 5 heteroatoms. The van der Waals surface area contributed by atoms with Crippen LogP contribution in [0.3, 0.4) is 0 Å². The van der Waals surface area contributed by atoms with Gasteiger partial charge < -0.3 is 15.0 Å². The first-order chi connectivity index (χ1) is 13.1. The fourth-order valence-corrected chi connectivity index (χ4v) is 3.21. The molecule has 2 aromatic rings. The maximum Gasteiger partial charge on any atom is 0.265 e. The van der Waals surface area contributed by atoms with E-state index >= 15 is 0 Å². The summed E-state index contributed by atoms with van der Waals surface area (Å²) in [5.41, 5.74) is 1.06. The molecule has 1 aliphatic rings. The van der Waals surface area contributed by atoms with Crippen molar-refractivity contribution in [3.63, 3.8) is 0 Å². The highest BCUT2D eigenvalue weighted by Crippen LogP contribution is 2.21. The van der Waals surface area contributed by atoms with Crippen LogP contribution < -0.4 is 10.1 Å². The standard InChI is InChI=1S/C22H26N2O3/c1-17(27-18-11-5-4-6-12-18)21(25)23-20-14-8-7-13-19(20)22(26)24-15-9-2-3-10-16-24/h4-8,11-14,17H,2-3,9-10,15-16H2,1H3,(H,23,25)/t17-/m1/s1. The number of hydrogen-bond acceptors (Lipinski definition) is 3. The van der Waals surface area contributed by atoms with Gasteiger partial charge >= 0.3 is 0 Å². The van der Waals surface area contributed by atoms with Gasteiger partial charge in [-0.3, -0.25) is 9.59 Å². The first kappa shape index (κ1) is 19.0. The summed E-state index contributed by atoms with van der Waals surface area (Å²) in [5.74, 6) is 0.327. The lowest BCUT2D eigenvalue weighted by atomic mass is 10.1. The largest absolute Gasteiger partial charge is 0.481 e. The minimum absolute atomic E-state index is 0.0237. The van der Waals surface area contributed by atoms with Gasteiger partial charge in [0.1, 0.15) is 5.75 Å². The lowest BCUT2D eigenvalue weighted by Gasteiger charge is -2.22. The van der Waals surface area contributed by atoms with Crippen molar-refractivity contribution in [3.05, 3.63) is 60.2 Å². The number of likely N-dealkylation sites (tertiary alicyclic amines) is 1. The van der Waals surface area contributed by atoms with Gasteiger partial charge in [0.2, 0.25) is 0 Å². The Kier molecular flexibility index (Phi) is 6.47. The Bertz CT molecular complexity index is 768. The zero-order chi connectivity index (χ0) is 19.1. The van der Waals surface area contributed by atoms with Crippen LogP contribution in [-0.4, -0.2) is 35.9 Å². The van der Waals surface area contributed by atoms with E-state index in [2.05, 4.69) is 5.32 Å². The molecule has 1 N–H and O–H groups in total. The molecule has 0 bridgehead atoms. The van der Waals surface area contributed by atoms with Gasteiger partial charge in [0.05, 0.1) is 11.3 Å². The van der Waals surface area contributed by atoms with Crippen molar-refractivity contribution in [2.75, 3.05) is 18.4 Å². The van der Waals surface area contributed by atoms with E-state index in [0.717, 1.165) is 38.8 Å². The third-order valence-electron chi connectivity index (χ3n) is 4.73. The lowest BCUT2D eigenvalue weighted by Crippen LogP contribution is -2.34. The molecule has 2 aromatic carbocycles. The predicted octanol–water partition coefficient (Wildman–Crippen LogP) is 4.11. The number of carbonyl (C=O) groups is 2. The minimum Gasteiger partial charge on any atom is -0.481 e. The number of nitrogens with one attached hydrogen (secondary N) is 1.